The summed E-state index contributed by atoms with van der Waals surface area (Å²) in [4.78, 5) is 12.9. The van der Waals surface area contributed by atoms with Crippen molar-refractivity contribution in [2.45, 2.75) is 68.0 Å². The average Bonchev–Trinajstić information content (AvgIpc) is 3.67. The van der Waals surface area contributed by atoms with Gasteiger partial charge in [0, 0.05) is 58.0 Å². The van der Waals surface area contributed by atoms with Gasteiger partial charge in [-0.15, -0.1) is 47.5 Å². The summed E-state index contributed by atoms with van der Waals surface area (Å²) in [6.07, 6.45) is 0.0223. The zero-order valence-electron chi connectivity index (χ0n) is 35.8. The molecule has 5 nitrogen and oxygen atoms in total. The quantitative estimate of drug-likeness (QED) is 0.166. The van der Waals surface area contributed by atoms with Gasteiger partial charge in [-0.2, -0.15) is 0 Å². The summed E-state index contributed by atoms with van der Waals surface area (Å²) in [6.45, 7) is 6.56. The molecule has 233 valence electrons. The zero-order valence-corrected chi connectivity index (χ0v) is 28.2. The molecule has 1 radical (unpaired) electrons. The molecule has 0 atom stereocenters. The van der Waals surface area contributed by atoms with Gasteiger partial charge in [-0.1, -0.05) is 77.7 Å². The Morgan fingerprint density at radius 1 is 0.778 bits per heavy atom. The Labute approximate surface area is 293 Å². The third-order valence-electron chi connectivity index (χ3n) is 6.57. The molecule has 0 bridgehead atoms. The number of hydrogen-bond acceptors (Lipinski definition) is 5. The molecule has 7 rings (SSSR count). The summed E-state index contributed by atoms with van der Waals surface area (Å²) in [6, 6.07) is 20.6. The third kappa shape index (κ3) is 7.35. The number of pyridine rings is 3. The molecular formula is C39H39IrN3O2-2. The van der Waals surface area contributed by atoms with Crippen LogP contribution in [-0.2, 0) is 32.9 Å². The number of hydrogen-bond donors (Lipinski definition) is 0. The predicted molar refractivity (Wildman–Crippen MR) is 179 cm³/mol. The fourth-order valence-electron chi connectivity index (χ4n) is 4.94. The van der Waals surface area contributed by atoms with E-state index in [4.69, 9.17) is 22.5 Å². The number of rotatable bonds is 4. The number of nitrogens with zero attached hydrogens (tertiary/aromatic N) is 3. The average molecular weight is 784 g/mol. The van der Waals surface area contributed by atoms with Gasteiger partial charge in [-0.25, -0.2) is 4.98 Å². The van der Waals surface area contributed by atoms with Crippen molar-refractivity contribution in [2.75, 3.05) is 0 Å². The van der Waals surface area contributed by atoms with Crippen LogP contribution >= 0.6 is 0 Å². The largest absolute Gasteiger partial charge is 0.500 e. The molecule has 0 aliphatic rings. The van der Waals surface area contributed by atoms with E-state index >= 15 is 0 Å². The minimum atomic E-state index is -2.39. The van der Waals surface area contributed by atoms with Crippen LogP contribution in [0.2, 0.25) is 0 Å². The molecule has 6 heteroatoms. The van der Waals surface area contributed by atoms with Crippen molar-refractivity contribution < 1.29 is 42.6 Å². The standard InChI is InChI=1S/C22H19N2O2.C17H20N.Ir/c1-12-9-17-19-18-16(25-17)6-5-14(20(18)26-21(19)24-12)15-10-13(7-8-23-15)11-22(2,3)4;1-13-5-8-15(9-6-13)16-10-7-14(12-18-16)11-17(2,3)4;/h6-10H,11H2,1-4H3;5-8,10,12H,11H2,1-4H3;/q2*-1;/i2*1D3,11D2;. The van der Waals surface area contributed by atoms with Gasteiger partial charge in [0.15, 0.2) is 0 Å². The molecule has 0 unspecified atom stereocenters. The summed E-state index contributed by atoms with van der Waals surface area (Å²) in [5, 5.41) is 1.31. The van der Waals surface area contributed by atoms with E-state index in [1.54, 1.807) is 48.7 Å². The van der Waals surface area contributed by atoms with Crippen molar-refractivity contribution in [3.05, 3.63) is 102 Å². The smallest absolute Gasteiger partial charge is 0.220 e. The number of aromatic nitrogens is 3. The van der Waals surface area contributed by atoms with Crippen molar-refractivity contribution in [1.82, 2.24) is 15.0 Å². The van der Waals surface area contributed by atoms with Gasteiger partial charge in [0.1, 0.15) is 5.58 Å². The van der Waals surface area contributed by atoms with E-state index in [-0.39, 0.29) is 37.1 Å². The number of benzene rings is 2. The monoisotopic (exact) mass is 784 g/mol. The van der Waals surface area contributed by atoms with E-state index in [0.29, 0.717) is 61.2 Å². The van der Waals surface area contributed by atoms with Crippen molar-refractivity contribution >= 4 is 33.2 Å². The summed E-state index contributed by atoms with van der Waals surface area (Å²) in [5.74, 6) is 0. The van der Waals surface area contributed by atoms with Crippen LogP contribution in [0.15, 0.2) is 75.8 Å². The van der Waals surface area contributed by atoms with Gasteiger partial charge in [0.05, 0.1) is 16.6 Å². The maximum Gasteiger partial charge on any atom is 0.220 e. The minimum absolute atomic E-state index is 0. The van der Waals surface area contributed by atoms with Crippen LogP contribution in [0.5, 0.6) is 0 Å². The Hall–Kier alpha value is -3.86. The molecule has 0 spiro atoms. The fourth-order valence-corrected chi connectivity index (χ4v) is 4.94. The summed E-state index contributed by atoms with van der Waals surface area (Å²) in [5.41, 5.74) is 3.88. The molecule has 7 aromatic rings. The molecule has 2 aromatic carbocycles. The van der Waals surface area contributed by atoms with E-state index in [1.165, 1.54) is 18.3 Å². The molecule has 45 heavy (non-hydrogen) atoms. The summed E-state index contributed by atoms with van der Waals surface area (Å²) < 4.78 is 90.5. The van der Waals surface area contributed by atoms with Crippen LogP contribution in [-0.4, -0.2) is 15.0 Å². The molecule has 0 aliphatic heterocycles. The van der Waals surface area contributed by atoms with E-state index in [9.17, 15) is 0 Å². The van der Waals surface area contributed by atoms with Gasteiger partial charge in [0.25, 0.3) is 0 Å². The zero-order chi connectivity index (χ0) is 39.8. The van der Waals surface area contributed by atoms with Crippen LogP contribution in [0, 0.1) is 36.7 Å². The SMILES string of the molecule is [2H]C([2H])([2H])c1c[c-]c(-c2ccc(C([2H])([2H])C(C)(C)C)cn2)cc1.[2H]C([2H])([2H])c1cc2oc3c[c-]c(-c4cc(C([2H])([2H])C(C)(C)C)ccn4)c4oc(n1)c2c34.[Ir]. The molecule has 0 aliphatic carbocycles. The van der Waals surface area contributed by atoms with Crippen LogP contribution in [0.1, 0.15) is 77.6 Å². The molecule has 5 heterocycles. The Balaban J connectivity index is 0.000000217. The topological polar surface area (TPSA) is 65.0 Å². The van der Waals surface area contributed by atoms with E-state index in [2.05, 4.69) is 27.1 Å². The first-order valence-corrected chi connectivity index (χ1v) is 14.3. The second-order valence-electron chi connectivity index (χ2n) is 12.7. The minimum Gasteiger partial charge on any atom is -0.500 e. The summed E-state index contributed by atoms with van der Waals surface area (Å²) in [7, 11) is 0. The molecule has 0 saturated heterocycles. The van der Waals surface area contributed by atoms with Crippen LogP contribution in [0.25, 0.3) is 55.7 Å². The first-order valence-electron chi connectivity index (χ1n) is 19.3. The van der Waals surface area contributed by atoms with Crippen LogP contribution in [0.4, 0.5) is 0 Å². The van der Waals surface area contributed by atoms with Crippen LogP contribution < -0.4 is 0 Å². The second kappa shape index (κ2) is 12.5. The summed E-state index contributed by atoms with van der Waals surface area (Å²) >= 11 is 0. The fraction of sp³-hybridized carbons (Fsp3) is 0.308. The molecule has 0 saturated carbocycles. The van der Waals surface area contributed by atoms with Gasteiger partial charge in [0.2, 0.25) is 5.71 Å². The van der Waals surface area contributed by atoms with Gasteiger partial charge >= 0.3 is 0 Å². The van der Waals surface area contributed by atoms with Crippen molar-refractivity contribution in [2.24, 2.45) is 10.8 Å². The molecule has 0 N–H and O–H groups in total. The molecular weight excluding hydrogens is 735 g/mol. The second-order valence-corrected chi connectivity index (χ2v) is 12.7. The van der Waals surface area contributed by atoms with Gasteiger partial charge in [-0.05, 0) is 58.8 Å². The van der Waals surface area contributed by atoms with Crippen molar-refractivity contribution in [3.63, 3.8) is 0 Å². The maximum atomic E-state index is 8.58. The van der Waals surface area contributed by atoms with Crippen molar-refractivity contribution in [1.29, 1.82) is 0 Å². The molecule has 0 fully saturated rings. The van der Waals surface area contributed by atoms with E-state index in [0.717, 1.165) is 0 Å². The Kier molecular flexibility index (Phi) is 6.06. The Morgan fingerprint density at radius 2 is 1.58 bits per heavy atom. The van der Waals surface area contributed by atoms with E-state index in [1.807, 2.05) is 41.5 Å². The first-order chi connectivity index (χ1) is 24.8. The molecule has 5 aromatic heterocycles. The number of aryl methyl sites for hydroxylation is 2. The first kappa shape index (κ1) is 21.8. The predicted octanol–water partition coefficient (Wildman–Crippen LogP) is 10.4. The van der Waals surface area contributed by atoms with Crippen LogP contribution in [0.3, 0.4) is 0 Å². The third-order valence-corrected chi connectivity index (χ3v) is 6.57. The van der Waals surface area contributed by atoms with Gasteiger partial charge < -0.3 is 18.8 Å². The normalized spacial score (nSPS) is 16.5. The maximum absolute atomic E-state index is 8.58. The van der Waals surface area contributed by atoms with E-state index < -0.39 is 37.3 Å². The van der Waals surface area contributed by atoms with Crippen molar-refractivity contribution in [3.8, 4) is 22.5 Å². The number of furan rings is 2. The molecule has 0 amide bonds. The van der Waals surface area contributed by atoms with Gasteiger partial charge in [-0.3, -0.25) is 0 Å². The Bertz CT molecular complexity index is 2440. The Morgan fingerprint density at radius 3 is 2.24 bits per heavy atom.